The Labute approximate surface area is 122 Å². The third-order valence-electron chi connectivity index (χ3n) is 3.13. The molecule has 1 aromatic carbocycles. The van der Waals surface area contributed by atoms with Crippen molar-refractivity contribution >= 4 is 10.8 Å². The molecule has 2 aromatic rings. The fourth-order valence-electron chi connectivity index (χ4n) is 1.99. The van der Waals surface area contributed by atoms with Crippen LogP contribution in [-0.4, -0.2) is 9.37 Å². The lowest BCUT2D eigenvalue weighted by molar-refractivity contribution is 0.392. The third-order valence-corrected chi connectivity index (χ3v) is 4.41. The highest BCUT2D eigenvalue weighted by molar-refractivity contribution is 7.83. The SMILES string of the molecule is Cc1cc(CS(=O)Cc2ccc(C(C)(C)C)cc2)no1. The molecule has 0 N–H and O–H groups in total. The van der Waals surface area contributed by atoms with E-state index in [0.29, 0.717) is 11.5 Å². The summed E-state index contributed by atoms with van der Waals surface area (Å²) in [6.07, 6.45) is 0. The summed E-state index contributed by atoms with van der Waals surface area (Å²) in [6, 6.07) is 10.2. The molecular weight excluding hydrogens is 270 g/mol. The molecule has 108 valence electrons. The predicted octanol–water partition coefficient (Wildman–Crippen LogP) is 3.73. The van der Waals surface area contributed by atoms with Crippen molar-refractivity contribution in [2.24, 2.45) is 0 Å². The van der Waals surface area contributed by atoms with Gasteiger partial charge in [-0.1, -0.05) is 50.2 Å². The highest BCUT2D eigenvalue weighted by Crippen LogP contribution is 2.22. The normalized spacial score (nSPS) is 13.4. The van der Waals surface area contributed by atoms with Crippen molar-refractivity contribution in [1.82, 2.24) is 5.16 Å². The van der Waals surface area contributed by atoms with E-state index in [1.165, 1.54) is 5.56 Å². The molecule has 1 atom stereocenters. The molecule has 0 aliphatic heterocycles. The first-order chi connectivity index (χ1) is 9.34. The fraction of sp³-hybridized carbons (Fsp3) is 0.438. The van der Waals surface area contributed by atoms with E-state index >= 15 is 0 Å². The lowest BCUT2D eigenvalue weighted by atomic mass is 9.87. The molecule has 0 saturated heterocycles. The lowest BCUT2D eigenvalue weighted by Crippen LogP contribution is -2.10. The summed E-state index contributed by atoms with van der Waals surface area (Å²) in [5, 5.41) is 3.88. The largest absolute Gasteiger partial charge is 0.361 e. The molecule has 0 radical (unpaired) electrons. The highest BCUT2D eigenvalue weighted by Gasteiger charge is 2.13. The van der Waals surface area contributed by atoms with E-state index in [2.05, 4.69) is 50.2 Å². The standard InChI is InChI=1S/C16H21NO2S/c1-12-9-15(17-19-12)11-20(18)10-13-5-7-14(8-6-13)16(2,3)4/h5-9H,10-11H2,1-4H3. The minimum Gasteiger partial charge on any atom is -0.361 e. The number of rotatable bonds is 4. The van der Waals surface area contributed by atoms with E-state index in [1.54, 1.807) is 0 Å². The molecule has 4 heteroatoms. The Morgan fingerprint density at radius 1 is 1.15 bits per heavy atom. The average Bonchev–Trinajstić information content (AvgIpc) is 2.74. The van der Waals surface area contributed by atoms with Gasteiger partial charge in [-0.05, 0) is 23.5 Å². The van der Waals surface area contributed by atoms with Gasteiger partial charge in [0.2, 0.25) is 0 Å². The maximum atomic E-state index is 12.1. The summed E-state index contributed by atoms with van der Waals surface area (Å²) >= 11 is 0. The van der Waals surface area contributed by atoms with E-state index in [9.17, 15) is 4.21 Å². The molecule has 1 heterocycles. The quantitative estimate of drug-likeness (QED) is 0.862. The Morgan fingerprint density at radius 3 is 2.30 bits per heavy atom. The van der Waals surface area contributed by atoms with E-state index < -0.39 is 10.8 Å². The van der Waals surface area contributed by atoms with Gasteiger partial charge in [-0.3, -0.25) is 4.21 Å². The van der Waals surface area contributed by atoms with E-state index in [-0.39, 0.29) is 5.41 Å². The molecule has 0 saturated carbocycles. The predicted molar refractivity (Wildman–Crippen MR) is 81.9 cm³/mol. The van der Waals surface area contributed by atoms with E-state index in [1.807, 2.05) is 13.0 Å². The van der Waals surface area contributed by atoms with Crippen LogP contribution in [-0.2, 0) is 27.7 Å². The van der Waals surface area contributed by atoms with Gasteiger partial charge in [-0.25, -0.2) is 0 Å². The minimum atomic E-state index is -0.959. The number of hydrogen-bond donors (Lipinski definition) is 0. The van der Waals surface area contributed by atoms with Crippen LogP contribution in [0.5, 0.6) is 0 Å². The average molecular weight is 291 g/mol. The van der Waals surface area contributed by atoms with Crippen molar-refractivity contribution in [3.05, 3.63) is 52.9 Å². The number of aryl methyl sites for hydroxylation is 1. The zero-order valence-corrected chi connectivity index (χ0v) is 13.3. The highest BCUT2D eigenvalue weighted by atomic mass is 32.2. The molecule has 3 nitrogen and oxygen atoms in total. The van der Waals surface area contributed by atoms with Crippen molar-refractivity contribution in [3.8, 4) is 0 Å². The number of benzene rings is 1. The summed E-state index contributed by atoms with van der Waals surface area (Å²) < 4.78 is 17.1. The number of hydrogen-bond acceptors (Lipinski definition) is 3. The van der Waals surface area contributed by atoms with Crippen molar-refractivity contribution in [3.63, 3.8) is 0 Å². The molecular formula is C16H21NO2S. The van der Waals surface area contributed by atoms with Crippen molar-refractivity contribution in [1.29, 1.82) is 0 Å². The molecule has 0 spiro atoms. The minimum absolute atomic E-state index is 0.149. The van der Waals surface area contributed by atoms with Gasteiger partial charge >= 0.3 is 0 Å². The van der Waals surface area contributed by atoms with Gasteiger partial charge in [-0.2, -0.15) is 0 Å². The zero-order valence-electron chi connectivity index (χ0n) is 12.5. The molecule has 0 fully saturated rings. The van der Waals surface area contributed by atoms with Gasteiger partial charge < -0.3 is 4.52 Å². The Bertz CT molecular complexity index is 594. The maximum absolute atomic E-state index is 12.1. The van der Waals surface area contributed by atoms with Crippen LogP contribution in [0.15, 0.2) is 34.9 Å². The first-order valence-electron chi connectivity index (χ1n) is 6.71. The van der Waals surface area contributed by atoms with Gasteiger partial charge in [0.25, 0.3) is 0 Å². The first kappa shape index (κ1) is 15.0. The van der Waals surface area contributed by atoms with Crippen molar-refractivity contribution in [2.75, 3.05) is 0 Å². The molecule has 0 amide bonds. The number of nitrogens with zero attached hydrogens (tertiary/aromatic N) is 1. The monoisotopic (exact) mass is 291 g/mol. The fourth-order valence-corrected chi connectivity index (χ4v) is 3.12. The second kappa shape index (κ2) is 5.92. The van der Waals surface area contributed by atoms with Gasteiger partial charge in [0.1, 0.15) is 5.76 Å². The van der Waals surface area contributed by atoms with Crippen LogP contribution in [0.2, 0.25) is 0 Å². The second-order valence-electron chi connectivity index (χ2n) is 6.10. The van der Waals surface area contributed by atoms with Gasteiger partial charge in [0, 0.05) is 22.6 Å². The Kier molecular flexibility index (Phi) is 4.43. The van der Waals surface area contributed by atoms with Gasteiger partial charge in [0.05, 0.1) is 11.4 Å². The van der Waals surface area contributed by atoms with Crippen molar-refractivity contribution in [2.45, 2.75) is 44.6 Å². The summed E-state index contributed by atoms with van der Waals surface area (Å²) in [6.45, 7) is 8.40. The summed E-state index contributed by atoms with van der Waals surface area (Å²) in [7, 11) is -0.959. The molecule has 20 heavy (non-hydrogen) atoms. The molecule has 0 bridgehead atoms. The van der Waals surface area contributed by atoms with Gasteiger partial charge in [0.15, 0.2) is 0 Å². The molecule has 1 aromatic heterocycles. The van der Waals surface area contributed by atoms with E-state index in [0.717, 1.165) is 17.0 Å². The molecule has 2 rings (SSSR count). The van der Waals surface area contributed by atoms with Crippen LogP contribution in [0, 0.1) is 6.92 Å². The number of aromatic nitrogens is 1. The Morgan fingerprint density at radius 2 is 1.80 bits per heavy atom. The van der Waals surface area contributed by atoms with Crippen LogP contribution < -0.4 is 0 Å². The lowest BCUT2D eigenvalue weighted by Gasteiger charge is -2.19. The third kappa shape index (κ3) is 4.04. The molecule has 0 aliphatic rings. The van der Waals surface area contributed by atoms with E-state index in [4.69, 9.17) is 4.52 Å². The van der Waals surface area contributed by atoms with Crippen molar-refractivity contribution < 1.29 is 8.73 Å². The second-order valence-corrected chi connectivity index (χ2v) is 7.56. The Balaban J connectivity index is 1.98. The van der Waals surface area contributed by atoms with Gasteiger partial charge in [-0.15, -0.1) is 0 Å². The van der Waals surface area contributed by atoms with Crippen LogP contribution in [0.3, 0.4) is 0 Å². The maximum Gasteiger partial charge on any atom is 0.133 e. The summed E-state index contributed by atoms with van der Waals surface area (Å²) in [5.41, 5.74) is 3.29. The van der Waals surface area contributed by atoms with Crippen LogP contribution in [0.4, 0.5) is 0 Å². The van der Waals surface area contributed by atoms with Crippen LogP contribution >= 0.6 is 0 Å². The van der Waals surface area contributed by atoms with Crippen LogP contribution in [0.25, 0.3) is 0 Å². The molecule has 0 aliphatic carbocycles. The zero-order chi connectivity index (χ0) is 14.8. The summed E-state index contributed by atoms with van der Waals surface area (Å²) in [5.74, 6) is 1.75. The molecule has 1 unspecified atom stereocenters. The smallest absolute Gasteiger partial charge is 0.133 e. The van der Waals surface area contributed by atoms with Crippen LogP contribution in [0.1, 0.15) is 43.4 Å². The Hall–Kier alpha value is -1.42. The summed E-state index contributed by atoms with van der Waals surface area (Å²) in [4.78, 5) is 0. The topological polar surface area (TPSA) is 43.1 Å². The first-order valence-corrected chi connectivity index (χ1v) is 8.20.